The molecule has 0 atom stereocenters. The molecule has 4 nitrogen and oxygen atoms in total. The van der Waals surface area contributed by atoms with Crippen molar-refractivity contribution in [2.75, 3.05) is 12.4 Å². The number of aryl methyl sites for hydroxylation is 1. The van der Waals surface area contributed by atoms with Crippen LogP contribution in [0.3, 0.4) is 0 Å². The van der Waals surface area contributed by atoms with E-state index in [2.05, 4.69) is 30.9 Å². The molecule has 1 aromatic heterocycles. The van der Waals surface area contributed by atoms with Crippen LogP contribution in [0, 0.1) is 19.3 Å². The number of ether oxygens (including phenoxy) is 1. The number of hydrogen-bond donors (Lipinski definition) is 0. The number of ketones is 1. The summed E-state index contributed by atoms with van der Waals surface area (Å²) in [5.74, 6) is 3.85. The number of hydrogen-bond acceptors (Lipinski definition) is 4. The van der Waals surface area contributed by atoms with Crippen LogP contribution in [-0.2, 0) is 12.0 Å². The number of benzene rings is 1. The number of thioether (sulfide) groups is 1. The van der Waals surface area contributed by atoms with Gasteiger partial charge < -0.3 is 4.74 Å². The molecule has 0 saturated heterocycles. The lowest BCUT2D eigenvalue weighted by atomic mass is 9.81. The molecule has 2 aromatic rings. The molecule has 130 valence electrons. The Balaban J connectivity index is 2.06. The van der Waals surface area contributed by atoms with Crippen molar-refractivity contribution >= 4 is 17.5 Å². The Hall–Kier alpha value is -2.19. The standard InChI is InChI=1S/C20H22N2O2S/c1-6-10-24-19-15(11-21-22(19)7-2)18(23)14-8-9-16-17(13(14)3)20(4,5)12-25-16/h1,8-9,11H,7,10,12H2,2-5H3. The number of carbonyl (C=O) groups is 1. The van der Waals surface area contributed by atoms with E-state index in [-0.39, 0.29) is 17.8 Å². The van der Waals surface area contributed by atoms with Gasteiger partial charge in [-0.3, -0.25) is 4.79 Å². The molecule has 1 aliphatic heterocycles. The topological polar surface area (TPSA) is 44.1 Å². The first-order chi connectivity index (χ1) is 11.9. The van der Waals surface area contributed by atoms with Crippen molar-refractivity contribution in [2.24, 2.45) is 0 Å². The fourth-order valence-electron chi connectivity index (χ4n) is 3.39. The quantitative estimate of drug-likeness (QED) is 0.604. The smallest absolute Gasteiger partial charge is 0.224 e. The maximum absolute atomic E-state index is 13.2. The molecule has 1 aromatic carbocycles. The summed E-state index contributed by atoms with van der Waals surface area (Å²) in [6.45, 7) is 9.16. The van der Waals surface area contributed by atoms with Crippen LogP contribution in [0.2, 0.25) is 0 Å². The fraction of sp³-hybridized carbons (Fsp3) is 0.400. The van der Waals surface area contributed by atoms with Crippen LogP contribution in [-0.4, -0.2) is 27.9 Å². The average molecular weight is 354 g/mol. The van der Waals surface area contributed by atoms with Crippen LogP contribution >= 0.6 is 11.8 Å². The van der Waals surface area contributed by atoms with E-state index >= 15 is 0 Å². The summed E-state index contributed by atoms with van der Waals surface area (Å²) in [6.07, 6.45) is 6.87. The highest BCUT2D eigenvalue weighted by molar-refractivity contribution is 7.99. The molecule has 2 heterocycles. The summed E-state index contributed by atoms with van der Waals surface area (Å²) in [4.78, 5) is 14.5. The Labute approximate surface area is 153 Å². The molecule has 3 rings (SSSR count). The van der Waals surface area contributed by atoms with E-state index in [1.54, 1.807) is 10.9 Å². The van der Waals surface area contributed by atoms with Gasteiger partial charge in [0.25, 0.3) is 0 Å². The van der Waals surface area contributed by atoms with E-state index in [9.17, 15) is 4.79 Å². The maximum atomic E-state index is 13.2. The highest BCUT2D eigenvalue weighted by Crippen LogP contribution is 2.46. The lowest BCUT2D eigenvalue weighted by Gasteiger charge is -2.21. The zero-order chi connectivity index (χ0) is 18.2. The predicted molar refractivity (Wildman–Crippen MR) is 101 cm³/mol. The van der Waals surface area contributed by atoms with Gasteiger partial charge in [-0.25, -0.2) is 4.68 Å². The molecule has 0 aliphatic carbocycles. The summed E-state index contributed by atoms with van der Waals surface area (Å²) >= 11 is 1.85. The molecule has 0 unspecified atom stereocenters. The van der Waals surface area contributed by atoms with Gasteiger partial charge in [0.1, 0.15) is 5.56 Å². The monoisotopic (exact) mass is 354 g/mol. The van der Waals surface area contributed by atoms with Gasteiger partial charge in [-0.1, -0.05) is 19.8 Å². The van der Waals surface area contributed by atoms with E-state index in [0.29, 0.717) is 23.6 Å². The molecule has 0 fully saturated rings. The van der Waals surface area contributed by atoms with Gasteiger partial charge in [-0.2, -0.15) is 5.10 Å². The van der Waals surface area contributed by atoms with Gasteiger partial charge in [0.15, 0.2) is 12.4 Å². The number of fused-ring (bicyclic) bond motifs is 1. The van der Waals surface area contributed by atoms with Crippen LogP contribution in [0.25, 0.3) is 0 Å². The Morgan fingerprint density at radius 2 is 2.20 bits per heavy atom. The lowest BCUT2D eigenvalue weighted by Crippen LogP contribution is -2.19. The number of aromatic nitrogens is 2. The van der Waals surface area contributed by atoms with Crippen molar-refractivity contribution in [3.05, 3.63) is 40.6 Å². The molecule has 0 amide bonds. The summed E-state index contributed by atoms with van der Waals surface area (Å²) in [5, 5.41) is 4.26. The van der Waals surface area contributed by atoms with Crippen molar-refractivity contribution in [1.82, 2.24) is 9.78 Å². The Kier molecular flexibility index (Phi) is 4.66. The van der Waals surface area contributed by atoms with Crippen LogP contribution in [0.15, 0.2) is 23.2 Å². The normalized spacial score (nSPS) is 14.8. The summed E-state index contributed by atoms with van der Waals surface area (Å²) in [6, 6.07) is 3.97. The van der Waals surface area contributed by atoms with Crippen LogP contribution in [0.5, 0.6) is 5.88 Å². The number of rotatable bonds is 5. The van der Waals surface area contributed by atoms with Gasteiger partial charge in [-0.05, 0) is 37.1 Å². The highest BCUT2D eigenvalue weighted by atomic mass is 32.2. The molecular weight excluding hydrogens is 332 g/mol. The van der Waals surface area contributed by atoms with Gasteiger partial charge in [0.05, 0.1) is 6.20 Å². The van der Waals surface area contributed by atoms with Gasteiger partial charge in [0.2, 0.25) is 5.88 Å². The second kappa shape index (κ2) is 6.61. The minimum Gasteiger partial charge on any atom is -0.464 e. The van der Waals surface area contributed by atoms with Gasteiger partial charge in [-0.15, -0.1) is 18.2 Å². The minimum atomic E-state index is -0.0697. The second-order valence-electron chi connectivity index (χ2n) is 6.78. The molecule has 0 N–H and O–H groups in total. The first-order valence-electron chi connectivity index (χ1n) is 8.34. The van der Waals surface area contributed by atoms with E-state index in [4.69, 9.17) is 11.2 Å². The molecular formula is C20H22N2O2S. The maximum Gasteiger partial charge on any atom is 0.224 e. The van der Waals surface area contributed by atoms with Crippen molar-refractivity contribution in [3.8, 4) is 18.2 Å². The molecule has 0 saturated carbocycles. The molecule has 0 radical (unpaired) electrons. The predicted octanol–water partition coefficient (Wildman–Crippen LogP) is 3.84. The second-order valence-corrected chi connectivity index (χ2v) is 7.80. The number of nitrogens with zero attached hydrogens (tertiary/aromatic N) is 2. The van der Waals surface area contributed by atoms with E-state index in [1.165, 1.54) is 10.5 Å². The van der Waals surface area contributed by atoms with Crippen LogP contribution in [0.1, 0.15) is 47.8 Å². The average Bonchev–Trinajstić information content (AvgIpc) is 3.13. The van der Waals surface area contributed by atoms with E-state index in [1.807, 2.05) is 31.7 Å². The van der Waals surface area contributed by atoms with Crippen LogP contribution in [0.4, 0.5) is 0 Å². The van der Waals surface area contributed by atoms with Crippen molar-refractivity contribution < 1.29 is 9.53 Å². The number of carbonyl (C=O) groups excluding carboxylic acids is 1. The first-order valence-corrected chi connectivity index (χ1v) is 9.33. The Bertz CT molecular complexity index is 875. The van der Waals surface area contributed by atoms with E-state index < -0.39 is 0 Å². The van der Waals surface area contributed by atoms with Crippen molar-refractivity contribution in [3.63, 3.8) is 0 Å². The van der Waals surface area contributed by atoms with Crippen LogP contribution < -0.4 is 4.74 Å². The Morgan fingerprint density at radius 1 is 1.44 bits per heavy atom. The lowest BCUT2D eigenvalue weighted by molar-refractivity contribution is 0.103. The van der Waals surface area contributed by atoms with E-state index in [0.717, 1.165) is 11.3 Å². The van der Waals surface area contributed by atoms with Gasteiger partial charge >= 0.3 is 0 Å². The number of terminal acetylenes is 1. The van der Waals surface area contributed by atoms with Gasteiger partial charge in [0, 0.05) is 28.2 Å². The molecule has 25 heavy (non-hydrogen) atoms. The molecule has 1 aliphatic rings. The zero-order valence-electron chi connectivity index (χ0n) is 15.0. The highest BCUT2D eigenvalue weighted by Gasteiger charge is 2.34. The summed E-state index contributed by atoms with van der Waals surface area (Å²) in [7, 11) is 0. The fourth-order valence-corrected chi connectivity index (χ4v) is 4.79. The van der Waals surface area contributed by atoms with Crippen molar-refractivity contribution in [2.45, 2.75) is 44.6 Å². The third-order valence-corrected chi connectivity index (χ3v) is 6.08. The molecule has 0 spiro atoms. The Morgan fingerprint density at radius 3 is 2.88 bits per heavy atom. The molecule has 0 bridgehead atoms. The first kappa shape index (κ1) is 17.6. The molecule has 5 heteroatoms. The van der Waals surface area contributed by atoms with Crippen molar-refractivity contribution in [1.29, 1.82) is 0 Å². The SMILES string of the molecule is C#CCOc1c(C(=O)c2ccc3c(c2C)C(C)(C)CS3)cnn1CC. The third-order valence-electron chi connectivity index (χ3n) is 4.56. The summed E-state index contributed by atoms with van der Waals surface area (Å²) < 4.78 is 7.26. The summed E-state index contributed by atoms with van der Waals surface area (Å²) in [5.41, 5.74) is 3.55. The largest absolute Gasteiger partial charge is 0.464 e. The minimum absolute atomic E-state index is 0.0662. The third kappa shape index (κ3) is 2.96. The zero-order valence-corrected chi connectivity index (χ0v) is 15.9.